The number of benzene rings is 1. The van der Waals surface area contributed by atoms with Gasteiger partial charge in [-0.1, -0.05) is 24.3 Å². The monoisotopic (exact) mass is 267 g/mol. The van der Waals surface area contributed by atoms with Gasteiger partial charge in [0, 0.05) is 17.8 Å². The standard InChI is InChI=1S/C16H17N3O/c1-10-6-13(9-18-8-10)15(19-17)14-7-12-5-3-4-11(2)16(12)20-14/h3-9,15,19H,17H2,1-2H3. The van der Waals surface area contributed by atoms with Gasteiger partial charge in [-0.15, -0.1) is 0 Å². The molecule has 102 valence electrons. The Hall–Kier alpha value is -2.17. The number of pyridine rings is 1. The van der Waals surface area contributed by atoms with Crippen molar-refractivity contribution < 1.29 is 4.42 Å². The first kappa shape index (κ1) is 12.8. The lowest BCUT2D eigenvalue weighted by molar-refractivity contribution is 0.475. The summed E-state index contributed by atoms with van der Waals surface area (Å²) >= 11 is 0. The van der Waals surface area contributed by atoms with Crippen LogP contribution < -0.4 is 11.3 Å². The van der Waals surface area contributed by atoms with Crippen LogP contribution in [0.1, 0.15) is 28.5 Å². The quantitative estimate of drug-likeness (QED) is 0.565. The van der Waals surface area contributed by atoms with Crippen LogP contribution in [-0.2, 0) is 0 Å². The van der Waals surface area contributed by atoms with E-state index in [0.717, 1.165) is 33.4 Å². The first-order valence-electron chi connectivity index (χ1n) is 6.56. The van der Waals surface area contributed by atoms with Crippen LogP contribution >= 0.6 is 0 Å². The summed E-state index contributed by atoms with van der Waals surface area (Å²) < 4.78 is 5.98. The molecule has 0 radical (unpaired) electrons. The molecular formula is C16H17N3O. The molecule has 1 aromatic carbocycles. The Morgan fingerprint density at radius 2 is 2.05 bits per heavy atom. The smallest absolute Gasteiger partial charge is 0.137 e. The van der Waals surface area contributed by atoms with E-state index in [1.54, 1.807) is 6.20 Å². The zero-order valence-electron chi connectivity index (χ0n) is 11.6. The van der Waals surface area contributed by atoms with Crippen molar-refractivity contribution in [3.05, 3.63) is 65.2 Å². The number of rotatable bonds is 3. The van der Waals surface area contributed by atoms with Crippen LogP contribution in [0.25, 0.3) is 11.0 Å². The van der Waals surface area contributed by atoms with Gasteiger partial charge >= 0.3 is 0 Å². The topological polar surface area (TPSA) is 64.1 Å². The SMILES string of the molecule is Cc1cncc(C(NN)c2cc3cccc(C)c3o2)c1. The molecule has 0 aliphatic carbocycles. The van der Waals surface area contributed by atoms with Crippen LogP contribution in [0.3, 0.4) is 0 Å². The minimum absolute atomic E-state index is 0.200. The van der Waals surface area contributed by atoms with Crippen LogP contribution in [-0.4, -0.2) is 4.98 Å². The number of furan rings is 1. The Labute approximate surface area is 117 Å². The number of para-hydroxylation sites is 1. The third-order valence-electron chi connectivity index (χ3n) is 3.44. The summed E-state index contributed by atoms with van der Waals surface area (Å²) in [6.07, 6.45) is 3.62. The van der Waals surface area contributed by atoms with E-state index in [-0.39, 0.29) is 6.04 Å². The lowest BCUT2D eigenvalue weighted by atomic mass is 10.1. The minimum Gasteiger partial charge on any atom is -0.459 e. The van der Waals surface area contributed by atoms with Crippen LogP contribution in [0, 0.1) is 13.8 Å². The molecule has 4 nitrogen and oxygen atoms in total. The van der Waals surface area contributed by atoms with Gasteiger partial charge in [-0.3, -0.25) is 10.8 Å². The molecule has 0 spiro atoms. The van der Waals surface area contributed by atoms with Gasteiger partial charge in [0.25, 0.3) is 0 Å². The fourth-order valence-electron chi connectivity index (χ4n) is 2.45. The van der Waals surface area contributed by atoms with E-state index in [4.69, 9.17) is 10.3 Å². The third kappa shape index (κ3) is 2.19. The number of aromatic nitrogens is 1. The molecule has 1 unspecified atom stereocenters. The Bertz CT molecular complexity index is 748. The van der Waals surface area contributed by atoms with Crippen LogP contribution in [0.5, 0.6) is 0 Å². The molecule has 2 aromatic heterocycles. The first-order valence-corrected chi connectivity index (χ1v) is 6.56. The van der Waals surface area contributed by atoms with E-state index in [1.807, 2.05) is 44.3 Å². The van der Waals surface area contributed by atoms with Crippen molar-refractivity contribution in [3.63, 3.8) is 0 Å². The molecule has 0 bridgehead atoms. The zero-order valence-corrected chi connectivity index (χ0v) is 11.6. The highest BCUT2D eigenvalue weighted by molar-refractivity contribution is 5.81. The molecule has 1 atom stereocenters. The number of fused-ring (bicyclic) bond motifs is 1. The second-order valence-electron chi connectivity index (χ2n) is 5.04. The molecule has 2 heterocycles. The van der Waals surface area contributed by atoms with Gasteiger partial charge < -0.3 is 4.42 Å². The van der Waals surface area contributed by atoms with Crippen molar-refractivity contribution in [2.24, 2.45) is 5.84 Å². The van der Waals surface area contributed by atoms with Gasteiger partial charge in [-0.05, 0) is 36.6 Å². The Morgan fingerprint density at radius 1 is 1.20 bits per heavy atom. The number of nitrogens with zero attached hydrogens (tertiary/aromatic N) is 1. The number of aryl methyl sites for hydroxylation is 2. The molecule has 3 aromatic rings. The van der Waals surface area contributed by atoms with Gasteiger partial charge in [0.15, 0.2) is 0 Å². The van der Waals surface area contributed by atoms with Gasteiger partial charge in [-0.2, -0.15) is 0 Å². The molecule has 0 saturated carbocycles. The number of hydrazine groups is 1. The van der Waals surface area contributed by atoms with Crippen molar-refractivity contribution in [3.8, 4) is 0 Å². The number of hydrogen-bond donors (Lipinski definition) is 2. The number of hydrogen-bond acceptors (Lipinski definition) is 4. The van der Waals surface area contributed by atoms with Crippen molar-refractivity contribution in [1.29, 1.82) is 0 Å². The van der Waals surface area contributed by atoms with Gasteiger partial charge in [-0.25, -0.2) is 5.43 Å². The largest absolute Gasteiger partial charge is 0.459 e. The maximum absolute atomic E-state index is 5.98. The molecule has 3 N–H and O–H groups in total. The maximum atomic E-state index is 5.98. The van der Waals surface area contributed by atoms with Crippen LogP contribution in [0.4, 0.5) is 0 Å². The average Bonchev–Trinajstić information content (AvgIpc) is 2.85. The number of nitrogens with one attached hydrogen (secondary N) is 1. The molecule has 0 amide bonds. The highest BCUT2D eigenvalue weighted by atomic mass is 16.3. The van der Waals surface area contributed by atoms with Crippen LogP contribution in [0.15, 0.2) is 47.1 Å². The Morgan fingerprint density at radius 3 is 2.75 bits per heavy atom. The summed E-state index contributed by atoms with van der Waals surface area (Å²) in [5.74, 6) is 6.50. The summed E-state index contributed by atoms with van der Waals surface area (Å²) in [5, 5.41) is 1.08. The van der Waals surface area contributed by atoms with Crippen molar-refractivity contribution >= 4 is 11.0 Å². The highest BCUT2D eigenvalue weighted by Gasteiger charge is 2.18. The van der Waals surface area contributed by atoms with Crippen LogP contribution in [0.2, 0.25) is 0 Å². The molecule has 0 aliphatic heterocycles. The van der Waals surface area contributed by atoms with Crippen molar-refractivity contribution in [2.45, 2.75) is 19.9 Å². The molecule has 4 heteroatoms. The fraction of sp³-hybridized carbons (Fsp3) is 0.188. The summed E-state index contributed by atoms with van der Waals surface area (Å²) in [7, 11) is 0. The van der Waals surface area contributed by atoms with Gasteiger partial charge in [0.2, 0.25) is 0 Å². The highest BCUT2D eigenvalue weighted by Crippen LogP contribution is 2.29. The van der Waals surface area contributed by atoms with Gasteiger partial charge in [0.1, 0.15) is 17.4 Å². The molecule has 0 fully saturated rings. The lowest BCUT2D eigenvalue weighted by Gasteiger charge is -2.13. The molecule has 3 rings (SSSR count). The minimum atomic E-state index is -0.200. The third-order valence-corrected chi connectivity index (χ3v) is 3.44. The van der Waals surface area contributed by atoms with E-state index in [2.05, 4.69) is 16.5 Å². The number of nitrogens with two attached hydrogens (primary N) is 1. The molecular weight excluding hydrogens is 250 g/mol. The molecule has 20 heavy (non-hydrogen) atoms. The lowest BCUT2D eigenvalue weighted by Crippen LogP contribution is -2.28. The second kappa shape index (κ2) is 5.07. The van der Waals surface area contributed by atoms with E-state index >= 15 is 0 Å². The summed E-state index contributed by atoms with van der Waals surface area (Å²) in [4.78, 5) is 4.21. The molecule has 0 aliphatic rings. The summed E-state index contributed by atoms with van der Waals surface area (Å²) in [5.41, 5.74) is 6.91. The van der Waals surface area contributed by atoms with Crippen molar-refractivity contribution in [1.82, 2.24) is 10.4 Å². The first-order chi connectivity index (χ1) is 9.69. The zero-order chi connectivity index (χ0) is 14.1. The van der Waals surface area contributed by atoms with E-state index < -0.39 is 0 Å². The average molecular weight is 267 g/mol. The summed E-state index contributed by atoms with van der Waals surface area (Å²) in [6.45, 7) is 4.04. The molecule has 0 saturated heterocycles. The summed E-state index contributed by atoms with van der Waals surface area (Å²) in [6, 6.07) is 9.98. The predicted molar refractivity (Wildman–Crippen MR) is 79.1 cm³/mol. The predicted octanol–water partition coefficient (Wildman–Crippen LogP) is 3.00. The Kier molecular flexibility index (Phi) is 3.26. The maximum Gasteiger partial charge on any atom is 0.137 e. The van der Waals surface area contributed by atoms with Crippen molar-refractivity contribution in [2.75, 3.05) is 0 Å². The van der Waals surface area contributed by atoms with E-state index in [9.17, 15) is 0 Å². The van der Waals surface area contributed by atoms with Gasteiger partial charge in [0.05, 0.1) is 0 Å². The van der Waals surface area contributed by atoms with E-state index in [0.29, 0.717) is 0 Å². The fourth-order valence-corrected chi connectivity index (χ4v) is 2.45. The normalized spacial score (nSPS) is 12.8. The second-order valence-corrected chi connectivity index (χ2v) is 5.04. The van der Waals surface area contributed by atoms with E-state index in [1.165, 1.54) is 0 Å². The Balaban J connectivity index is 2.09.